The molecule has 4 aromatic rings. The Morgan fingerprint density at radius 3 is 2.61 bits per heavy atom. The van der Waals surface area contributed by atoms with Gasteiger partial charge in [-0.1, -0.05) is 54.1 Å². The summed E-state index contributed by atoms with van der Waals surface area (Å²) in [6, 6.07) is 16.0. The average molecular weight is 463 g/mol. The van der Waals surface area contributed by atoms with Gasteiger partial charge >= 0.3 is 0 Å². The van der Waals surface area contributed by atoms with Crippen LogP contribution >= 0.6 is 11.8 Å². The van der Waals surface area contributed by atoms with E-state index in [-0.39, 0.29) is 17.3 Å². The van der Waals surface area contributed by atoms with E-state index in [2.05, 4.69) is 42.7 Å². The molecule has 0 aliphatic carbocycles. The number of carbonyl (C=O) groups excluding carboxylic acids is 1. The molecule has 11 heteroatoms. The quantitative estimate of drug-likeness (QED) is 0.231. The molecule has 168 valence electrons. The van der Waals surface area contributed by atoms with Crippen LogP contribution in [-0.2, 0) is 12.2 Å². The summed E-state index contributed by atoms with van der Waals surface area (Å²) in [5, 5.41) is 19.5. The van der Waals surface area contributed by atoms with Crippen molar-refractivity contribution in [3.05, 3.63) is 76.6 Å². The van der Waals surface area contributed by atoms with Crippen molar-refractivity contribution < 1.29 is 9.42 Å². The SMILES string of the molecule is CCc1ccc(/C=N/NC(=O)c2nnn(-c3nonc3N)c2CSc2ccc(C)cc2)cc1. The molecule has 0 atom stereocenters. The van der Waals surface area contributed by atoms with Crippen molar-refractivity contribution in [2.24, 2.45) is 5.10 Å². The Bertz CT molecular complexity index is 1260. The van der Waals surface area contributed by atoms with Crippen LogP contribution in [0.15, 0.2) is 63.2 Å². The summed E-state index contributed by atoms with van der Waals surface area (Å²) in [5.41, 5.74) is 12.2. The van der Waals surface area contributed by atoms with Crippen molar-refractivity contribution >= 4 is 29.7 Å². The van der Waals surface area contributed by atoms with E-state index < -0.39 is 5.91 Å². The molecular weight excluding hydrogens is 440 g/mol. The number of aromatic nitrogens is 5. The van der Waals surface area contributed by atoms with Crippen molar-refractivity contribution in [1.82, 2.24) is 30.7 Å². The fourth-order valence-corrected chi connectivity index (χ4v) is 3.85. The molecule has 0 unspecified atom stereocenters. The highest BCUT2D eigenvalue weighted by Crippen LogP contribution is 2.26. The van der Waals surface area contributed by atoms with E-state index in [9.17, 15) is 4.79 Å². The number of nitrogens with one attached hydrogen (secondary N) is 1. The molecule has 0 aliphatic rings. The van der Waals surface area contributed by atoms with Crippen LogP contribution in [-0.4, -0.2) is 37.4 Å². The number of anilines is 1. The van der Waals surface area contributed by atoms with E-state index in [1.165, 1.54) is 22.0 Å². The Morgan fingerprint density at radius 2 is 1.94 bits per heavy atom. The van der Waals surface area contributed by atoms with Crippen molar-refractivity contribution in [3.63, 3.8) is 0 Å². The van der Waals surface area contributed by atoms with Crippen LogP contribution in [0.3, 0.4) is 0 Å². The third-order valence-electron chi connectivity index (χ3n) is 4.84. The minimum Gasteiger partial charge on any atom is -0.378 e. The largest absolute Gasteiger partial charge is 0.378 e. The second-order valence-corrected chi connectivity index (χ2v) is 8.21. The molecule has 0 aliphatic heterocycles. The molecule has 4 rings (SSSR count). The number of benzene rings is 2. The first kappa shape index (κ1) is 22.2. The summed E-state index contributed by atoms with van der Waals surface area (Å²) < 4.78 is 6.04. The number of nitrogens with two attached hydrogens (primary N) is 1. The first-order valence-electron chi connectivity index (χ1n) is 10.2. The van der Waals surface area contributed by atoms with Crippen LogP contribution in [0.1, 0.15) is 39.8 Å². The molecule has 0 saturated heterocycles. The van der Waals surface area contributed by atoms with Gasteiger partial charge in [0.05, 0.1) is 11.9 Å². The van der Waals surface area contributed by atoms with E-state index in [4.69, 9.17) is 5.73 Å². The van der Waals surface area contributed by atoms with Gasteiger partial charge < -0.3 is 5.73 Å². The summed E-state index contributed by atoms with van der Waals surface area (Å²) in [5.74, 6) is 0.0904. The zero-order chi connectivity index (χ0) is 23.2. The van der Waals surface area contributed by atoms with Crippen molar-refractivity contribution in [2.45, 2.75) is 30.9 Å². The molecule has 1 amide bonds. The molecule has 0 radical (unpaired) electrons. The molecule has 0 spiro atoms. The van der Waals surface area contributed by atoms with Crippen molar-refractivity contribution in [2.75, 3.05) is 5.73 Å². The topological polar surface area (TPSA) is 137 Å². The summed E-state index contributed by atoms with van der Waals surface area (Å²) in [6.45, 7) is 4.11. The second kappa shape index (κ2) is 10.1. The number of hydrogen-bond donors (Lipinski definition) is 2. The predicted molar refractivity (Wildman–Crippen MR) is 125 cm³/mol. The van der Waals surface area contributed by atoms with Gasteiger partial charge in [-0.2, -0.15) is 9.78 Å². The lowest BCUT2D eigenvalue weighted by Crippen LogP contribution is -2.20. The van der Waals surface area contributed by atoms with E-state index in [1.807, 2.05) is 55.5 Å². The third-order valence-corrected chi connectivity index (χ3v) is 5.86. The Morgan fingerprint density at radius 1 is 1.18 bits per heavy atom. The molecule has 33 heavy (non-hydrogen) atoms. The van der Waals surface area contributed by atoms with Crippen LogP contribution in [0.2, 0.25) is 0 Å². The maximum absolute atomic E-state index is 12.8. The molecule has 10 nitrogen and oxygen atoms in total. The molecule has 2 heterocycles. The smallest absolute Gasteiger partial charge is 0.293 e. The second-order valence-electron chi connectivity index (χ2n) is 7.17. The highest BCUT2D eigenvalue weighted by atomic mass is 32.2. The fraction of sp³-hybridized carbons (Fsp3) is 0.182. The summed E-state index contributed by atoms with van der Waals surface area (Å²) in [7, 11) is 0. The highest BCUT2D eigenvalue weighted by molar-refractivity contribution is 7.98. The average Bonchev–Trinajstić information content (AvgIpc) is 3.44. The first-order valence-corrected chi connectivity index (χ1v) is 11.2. The van der Waals surface area contributed by atoms with Gasteiger partial charge in [-0.05, 0) is 46.9 Å². The van der Waals surface area contributed by atoms with Crippen LogP contribution in [0.5, 0.6) is 0 Å². The molecule has 0 saturated carbocycles. The zero-order valence-electron chi connectivity index (χ0n) is 18.1. The van der Waals surface area contributed by atoms with E-state index in [0.717, 1.165) is 22.4 Å². The Kier molecular flexibility index (Phi) is 6.79. The number of rotatable bonds is 8. The Labute approximate surface area is 194 Å². The maximum Gasteiger partial charge on any atom is 0.293 e. The molecular formula is C22H22N8O2S. The van der Waals surface area contributed by atoms with Gasteiger partial charge in [-0.25, -0.2) is 10.1 Å². The standard InChI is InChI=1S/C22H22N8O2S/c1-3-15-6-8-16(9-7-15)12-24-26-22(31)19-18(13-33-17-10-4-14(2)5-11-17)30(29-25-19)21-20(23)27-32-28-21/h4-12H,3,13H2,1-2H3,(H2,23,27)(H,26,31)/b24-12+. The van der Waals surface area contributed by atoms with Gasteiger partial charge in [-0.3, -0.25) is 4.79 Å². The molecule has 0 bridgehead atoms. The maximum atomic E-state index is 12.8. The van der Waals surface area contributed by atoms with Crippen LogP contribution in [0, 0.1) is 6.92 Å². The number of hydrazone groups is 1. The molecule has 2 aromatic carbocycles. The fourth-order valence-electron chi connectivity index (χ4n) is 2.96. The first-order chi connectivity index (χ1) is 16.0. The number of amides is 1. The van der Waals surface area contributed by atoms with Gasteiger partial charge in [0.2, 0.25) is 11.6 Å². The summed E-state index contributed by atoms with van der Waals surface area (Å²) in [6.07, 6.45) is 2.53. The number of nitrogen functional groups attached to an aromatic ring is 1. The van der Waals surface area contributed by atoms with Crippen LogP contribution in [0.4, 0.5) is 5.82 Å². The lowest BCUT2D eigenvalue weighted by molar-refractivity contribution is 0.0949. The molecule has 3 N–H and O–H groups in total. The lowest BCUT2D eigenvalue weighted by Gasteiger charge is -2.06. The number of thioether (sulfide) groups is 1. The summed E-state index contributed by atoms with van der Waals surface area (Å²) in [4.78, 5) is 13.9. The third kappa shape index (κ3) is 5.26. The van der Waals surface area contributed by atoms with E-state index >= 15 is 0 Å². The minimum atomic E-state index is -0.503. The van der Waals surface area contributed by atoms with Gasteiger partial charge in [-0.15, -0.1) is 16.9 Å². The number of aryl methyl sites for hydroxylation is 2. The Hall–Kier alpha value is -3.99. The lowest BCUT2D eigenvalue weighted by atomic mass is 10.1. The van der Waals surface area contributed by atoms with Crippen LogP contribution in [0.25, 0.3) is 5.82 Å². The molecule has 0 fully saturated rings. The van der Waals surface area contributed by atoms with Crippen molar-refractivity contribution in [3.8, 4) is 5.82 Å². The zero-order valence-corrected chi connectivity index (χ0v) is 18.9. The van der Waals surface area contributed by atoms with Crippen molar-refractivity contribution in [1.29, 1.82) is 0 Å². The number of hydrogen-bond acceptors (Lipinski definition) is 9. The monoisotopic (exact) mass is 462 g/mol. The van der Waals surface area contributed by atoms with Gasteiger partial charge in [0.15, 0.2) is 5.69 Å². The number of nitrogens with zero attached hydrogens (tertiary/aromatic N) is 6. The predicted octanol–water partition coefficient (Wildman–Crippen LogP) is 3.16. The van der Waals surface area contributed by atoms with E-state index in [1.54, 1.807) is 6.21 Å². The summed E-state index contributed by atoms with van der Waals surface area (Å²) >= 11 is 1.52. The Balaban J connectivity index is 1.55. The van der Waals surface area contributed by atoms with Crippen LogP contribution < -0.4 is 11.2 Å². The van der Waals surface area contributed by atoms with Gasteiger partial charge in [0.1, 0.15) is 0 Å². The highest BCUT2D eigenvalue weighted by Gasteiger charge is 2.24. The minimum absolute atomic E-state index is 0.0435. The normalized spacial score (nSPS) is 11.2. The van der Waals surface area contributed by atoms with E-state index in [0.29, 0.717) is 11.4 Å². The van der Waals surface area contributed by atoms with Gasteiger partial charge in [0, 0.05) is 10.6 Å². The number of carbonyl (C=O) groups is 1. The van der Waals surface area contributed by atoms with Gasteiger partial charge in [0.25, 0.3) is 5.91 Å². The molecule has 2 aromatic heterocycles.